The van der Waals surface area contributed by atoms with Crippen LogP contribution in [0.4, 0.5) is 0 Å². The van der Waals surface area contributed by atoms with Crippen molar-refractivity contribution >= 4 is 11.7 Å². The van der Waals surface area contributed by atoms with Gasteiger partial charge in [0, 0.05) is 43.8 Å². The Hall–Kier alpha value is -3.47. The monoisotopic (exact) mass is 416 g/mol. The average molecular weight is 417 g/mol. The summed E-state index contributed by atoms with van der Waals surface area (Å²) in [6, 6.07) is 19.6. The van der Waals surface area contributed by atoms with E-state index in [0.717, 1.165) is 22.3 Å². The highest BCUT2D eigenvalue weighted by atomic mass is 16.5. The summed E-state index contributed by atoms with van der Waals surface area (Å²) in [6.45, 7) is 2.47. The number of carbonyl (C=O) groups is 2. The minimum atomic E-state index is 0.0939. The van der Waals surface area contributed by atoms with Gasteiger partial charge >= 0.3 is 0 Å². The third-order valence-corrected chi connectivity index (χ3v) is 5.31. The van der Waals surface area contributed by atoms with Gasteiger partial charge in [-0.1, -0.05) is 61.5 Å². The number of hydrogen-bond acceptors (Lipinski definition) is 4. The summed E-state index contributed by atoms with van der Waals surface area (Å²) in [6.07, 6.45) is 3.18. The Balaban J connectivity index is 1.61. The summed E-state index contributed by atoms with van der Waals surface area (Å²) < 4.78 is 5.25. The number of Topliss-reactive ketones (excluding diaryl/α,β-unsaturated/α-hetero) is 1. The van der Waals surface area contributed by atoms with E-state index in [1.54, 1.807) is 18.2 Å². The molecular weight excluding hydrogens is 388 g/mol. The van der Waals surface area contributed by atoms with E-state index < -0.39 is 0 Å². The van der Waals surface area contributed by atoms with Crippen molar-refractivity contribution in [3.05, 3.63) is 83.6 Å². The van der Waals surface area contributed by atoms with Gasteiger partial charge in [0.1, 0.15) is 0 Å². The van der Waals surface area contributed by atoms with Crippen LogP contribution >= 0.6 is 0 Å². The van der Waals surface area contributed by atoms with Crippen molar-refractivity contribution in [2.24, 2.45) is 0 Å². The predicted octanol–water partition coefficient (Wildman–Crippen LogP) is 4.94. The zero-order valence-corrected chi connectivity index (χ0v) is 18.3. The number of rotatable bonds is 9. The van der Waals surface area contributed by atoms with Gasteiger partial charge in [-0.25, -0.2) is 4.98 Å². The van der Waals surface area contributed by atoms with Crippen molar-refractivity contribution in [3.8, 4) is 17.0 Å². The van der Waals surface area contributed by atoms with Gasteiger partial charge in [0.2, 0.25) is 11.8 Å². The van der Waals surface area contributed by atoms with Crippen LogP contribution in [0.25, 0.3) is 11.1 Å². The highest BCUT2D eigenvalue weighted by molar-refractivity contribution is 5.96. The molecule has 1 heterocycles. The third-order valence-electron chi connectivity index (χ3n) is 5.31. The number of ketones is 1. The minimum absolute atomic E-state index is 0.0939. The fourth-order valence-electron chi connectivity index (χ4n) is 3.47. The van der Waals surface area contributed by atoms with Crippen LogP contribution in [0, 0.1) is 0 Å². The van der Waals surface area contributed by atoms with E-state index in [0.29, 0.717) is 37.3 Å². The van der Waals surface area contributed by atoms with Gasteiger partial charge in [0.05, 0.1) is 7.11 Å². The quantitative estimate of drug-likeness (QED) is 0.464. The number of pyridine rings is 1. The first-order chi connectivity index (χ1) is 15.0. The van der Waals surface area contributed by atoms with Gasteiger partial charge in [0.25, 0.3) is 0 Å². The molecule has 5 nitrogen and oxygen atoms in total. The predicted molar refractivity (Wildman–Crippen MR) is 122 cm³/mol. The molecule has 0 N–H and O–H groups in total. The maximum atomic E-state index is 12.6. The molecule has 0 spiro atoms. The van der Waals surface area contributed by atoms with Crippen LogP contribution in [0.1, 0.15) is 41.3 Å². The Morgan fingerprint density at radius 1 is 0.968 bits per heavy atom. The number of methoxy groups -OCH3 is 1. The molecule has 5 heteroatoms. The van der Waals surface area contributed by atoms with Crippen LogP contribution in [-0.4, -0.2) is 35.7 Å². The lowest BCUT2D eigenvalue weighted by atomic mass is 9.99. The topological polar surface area (TPSA) is 59.5 Å². The molecule has 0 saturated carbocycles. The summed E-state index contributed by atoms with van der Waals surface area (Å²) in [5.74, 6) is 0.794. The van der Waals surface area contributed by atoms with E-state index in [2.05, 4.69) is 4.98 Å². The Labute approximate surface area is 183 Å². The van der Waals surface area contributed by atoms with Crippen molar-refractivity contribution < 1.29 is 14.3 Å². The average Bonchev–Trinajstić information content (AvgIpc) is 2.82. The summed E-state index contributed by atoms with van der Waals surface area (Å²) in [4.78, 5) is 30.2. The lowest BCUT2D eigenvalue weighted by molar-refractivity contribution is -0.130. The van der Waals surface area contributed by atoms with Crippen molar-refractivity contribution in [1.82, 2.24) is 9.88 Å². The smallest absolute Gasteiger partial charge is 0.222 e. The first-order valence-corrected chi connectivity index (χ1v) is 10.5. The van der Waals surface area contributed by atoms with Crippen LogP contribution in [0.5, 0.6) is 5.88 Å². The molecule has 2 aromatic carbocycles. The first kappa shape index (κ1) is 22.2. The fraction of sp³-hybridized carbons (Fsp3) is 0.269. The third kappa shape index (κ3) is 5.79. The summed E-state index contributed by atoms with van der Waals surface area (Å²) in [7, 11) is 3.40. The van der Waals surface area contributed by atoms with Crippen LogP contribution < -0.4 is 4.74 Å². The molecule has 31 heavy (non-hydrogen) atoms. The molecule has 0 bridgehead atoms. The summed E-state index contributed by atoms with van der Waals surface area (Å²) >= 11 is 0. The SMILES string of the molecule is CCC(=O)N(C)Cc1ccc(-c2ccc(C(=O)CCc3cccnc3OC)cc2)cc1. The van der Waals surface area contributed by atoms with Crippen molar-refractivity contribution in [2.45, 2.75) is 32.7 Å². The molecule has 1 aromatic heterocycles. The largest absolute Gasteiger partial charge is 0.481 e. The second-order valence-corrected chi connectivity index (χ2v) is 7.47. The summed E-state index contributed by atoms with van der Waals surface area (Å²) in [5, 5.41) is 0. The van der Waals surface area contributed by atoms with Crippen molar-refractivity contribution in [3.63, 3.8) is 0 Å². The lowest BCUT2D eigenvalue weighted by Gasteiger charge is -2.16. The molecule has 0 aliphatic heterocycles. The van der Waals surface area contributed by atoms with Crippen LogP contribution in [0.2, 0.25) is 0 Å². The lowest BCUT2D eigenvalue weighted by Crippen LogP contribution is -2.25. The molecular formula is C26H28N2O3. The molecule has 0 fully saturated rings. The van der Waals surface area contributed by atoms with E-state index >= 15 is 0 Å². The number of carbonyl (C=O) groups excluding carboxylic acids is 2. The molecule has 0 atom stereocenters. The molecule has 0 saturated heterocycles. The van der Waals surface area contributed by atoms with E-state index in [1.807, 2.05) is 74.6 Å². The highest BCUT2D eigenvalue weighted by Gasteiger charge is 2.10. The fourth-order valence-corrected chi connectivity index (χ4v) is 3.47. The van der Waals surface area contributed by atoms with Gasteiger partial charge in [-0.3, -0.25) is 9.59 Å². The van der Waals surface area contributed by atoms with E-state index in [-0.39, 0.29) is 11.7 Å². The summed E-state index contributed by atoms with van der Waals surface area (Å²) in [5.41, 5.74) is 4.84. The maximum absolute atomic E-state index is 12.6. The Morgan fingerprint density at radius 2 is 1.61 bits per heavy atom. The number of amides is 1. The van der Waals surface area contributed by atoms with Crippen LogP contribution in [0.3, 0.4) is 0 Å². The molecule has 3 aromatic rings. The molecule has 0 radical (unpaired) electrons. The Kier molecular flexibility index (Phi) is 7.55. The Morgan fingerprint density at radius 3 is 2.23 bits per heavy atom. The second-order valence-electron chi connectivity index (χ2n) is 7.47. The van der Waals surface area contributed by atoms with Gasteiger partial charge in [0.15, 0.2) is 5.78 Å². The molecule has 0 aliphatic rings. The van der Waals surface area contributed by atoms with Crippen LogP contribution in [-0.2, 0) is 17.8 Å². The van der Waals surface area contributed by atoms with Gasteiger partial charge in [-0.15, -0.1) is 0 Å². The van der Waals surface area contributed by atoms with Crippen molar-refractivity contribution in [1.29, 1.82) is 0 Å². The number of ether oxygens (including phenoxy) is 1. The minimum Gasteiger partial charge on any atom is -0.481 e. The normalized spacial score (nSPS) is 10.5. The first-order valence-electron chi connectivity index (χ1n) is 10.5. The standard InChI is InChI=1S/C26H28N2O3/c1-4-25(30)28(2)18-19-7-9-20(10-8-19)21-11-13-22(14-12-21)24(29)16-15-23-6-5-17-27-26(23)31-3/h5-14,17H,4,15-16,18H2,1-3H3. The molecule has 160 valence electrons. The van der Waals surface area contributed by atoms with E-state index in [4.69, 9.17) is 4.74 Å². The van der Waals surface area contributed by atoms with Gasteiger partial charge in [-0.05, 0) is 29.2 Å². The van der Waals surface area contributed by atoms with Crippen molar-refractivity contribution in [2.75, 3.05) is 14.2 Å². The van der Waals surface area contributed by atoms with E-state index in [1.165, 1.54) is 0 Å². The number of aromatic nitrogens is 1. The molecule has 3 rings (SSSR count). The van der Waals surface area contributed by atoms with Gasteiger partial charge < -0.3 is 9.64 Å². The molecule has 1 amide bonds. The second kappa shape index (κ2) is 10.5. The number of aryl methyl sites for hydroxylation is 1. The molecule has 0 aliphatic carbocycles. The maximum Gasteiger partial charge on any atom is 0.222 e. The number of benzene rings is 2. The van der Waals surface area contributed by atoms with Gasteiger partial charge in [-0.2, -0.15) is 0 Å². The van der Waals surface area contributed by atoms with E-state index in [9.17, 15) is 9.59 Å². The Bertz CT molecular complexity index is 1030. The zero-order chi connectivity index (χ0) is 22.2. The number of nitrogens with zero attached hydrogens (tertiary/aromatic N) is 2. The van der Waals surface area contributed by atoms with Crippen LogP contribution in [0.15, 0.2) is 66.9 Å². The zero-order valence-electron chi connectivity index (χ0n) is 18.3. The highest BCUT2D eigenvalue weighted by Crippen LogP contribution is 2.22. The number of hydrogen-bond donors (Lipinski definition) is 0. The molecule has 0 unspecified atom stereocenters.